The van der Waals surface area contributed by atoms with Crippen molar-refractivity contribution in [2.24, 2.45) is 0 Å². The molecular formula is C20H23NO4S. The van der Waals surface area contributed by atoms with Crippen molar-refractivity contribution in [3.63, 3.8) is 0 Å². The summed E-state index contributed by atoms with van der Waals surface area (Å²) in [5.74, 6) is 0.574. The van der Waals surface area contributed by atoms with Crippen LogP contribution >= 0.6 is 11.8 Å². The van der Waals surface area contributed by atoms with Gasteiger partial charge in [0, 0.05) is 17.9 Å². The highest BCUT2D eigenvalue weighted by molar-refractivity contribution is 7.99. The normalized spacial score (nSPS) is 11.6. The second-order valence-corrected chi connectivity index (χ2v) is 7.13. The Morgan fingerprint density at radius 2 is 1.81 bits per heavy atom. The van der Waals surface area contributed by atoms with Gasteiger partial charge in [-0.05, 0) is 43.2 Å². The molecule has 0 aliphatic carbocycles. The average Bonchev–Trinajstić information content (AvgIpc) is 2.65. The molecule has 2 N–H and O–H groups in total. The summed E-state index contributed by atoms with van der Waals surface area (Å²) in [6, 6.07) is 17.1. The number of rotatable bonds is 10. The van der Waals surface area contributed by atoms with Gasteiger partial charge in [-0.3, -0.25) is 9.59 Å². The topological polar surface area (TPSA) is 75.6 Å². The molecule has 0 heterocycles. The molecular weight excluding hydrogens is 350 g/mol. The lowest BCUT2D eigenvalue weighted by atomic mass is 10.2. The molecule has 2 aromatic carbocycles. The largest absolute Gasteiger partial charge is 0.494 e. The van der Waals surface area contributed by atoms with Crippen LogP contribution in [0.4, 0.5) is 5.69 Å². The predicted octanol–water partition coefficient (Wildman–Crippen LogP) is 4.19. The van der Waals surface area contributed by atoms with Crippen molar-refractivity contribution in [1.29, 1.82) is 0 Å². The van der Waals surface area contributed by atoms with Crippen LogP contribution in [0.3, 0.4) is 0 Å². The SMILES string of the molecule is CC(SCc1ccccc1)C(=O)Nc1ccc(OCCCC(=O)O)cc1. The highest BCUT2D eigenvalue weighted by atomic mass is 32.2. The Kier molecular flexibility index (Phi) is 8.02. The van der Waals surface area contributed by atoms with Crippen molar-refractivity contribution in [2.45, 2.75) is 30.8 Å². The molecule has 0 fully saturated rings. The fraction of sp³-hybridized carbons (Fsp3) is 0.300. The van der Waals surface area contributed by atoms with Gasteiger partial charge in [0.1, 0.15) is 5.75 Å². The fourth-order valence-corrected chi connectivity index (χ4v) is 3.01. The molecule has 6 heteroatoms. The average molecular weight is 373 g/mol. The first kappa shape index (κ1) is 19.8. The van der Waals surface area contributed by atoms with Crippen molar-refractivity contribution in [1.82, 2.24) is 0 Å². The van der Waals surface area contributed by atoms with E-state index in [1.54, 1.807) is 36.0 Å². The van der Waals surface area contributed by atoms with Gasteiger partial charge in [0.15, 0.2) is 0 Å². The smallest absolute Gasteiger partial charge is 0.303 e. The van der Waals surface area contributed by atoms with Crippen molar-refractivity contribution in [3.8, 4) is 5.75 Å². The molecule has 0 aromatic heterocycles. The lowest BCUT2D eigenvalue weighted by Gasteiger charge is -2.12. The van der Waals surface area contributed by atoms with Crippen LogP contribution < -0.4 is 10.1 Å². The van der Waals surface area contributed by atoms with E-state index in [-0.39, 0.29) is 17.6 Å². The van der Waals surface area contributed by atoms with Crippen LogP contribution in [0.5, 0.6) is 5.75 Å². The van der Waals surface area contributed by atoms with Crippen LogP contribution in [0, 0.1) is 0 Å². The maximum atomic E-state index is 12.3. The van der Waals surface area contributed by atoms with Crippen LogP contribution in [-0.2, 0) is 15.3 Å². The first-order valence-electron chi connectivity index (χ1n) is 8.45. The summed E-state index contributed by atoms with van der Waals surface area (Å²) >= 11 is 1.59. The van der Waals surface area contributed by atoms with Gasteiger partial charge in [0.2, 0.25) is 5.91 Å². The standard InChI is InChI=1S/C20H23NO4S/c1-15(26-14-16-6-3-2-4-7-16)20(24)21-17-9-11-18(12-10-17)25-13-5-8-19(22)23/h2-4,6-7,9-12,15H,5,8,13-14H2,1H3,(H,21,24)(H,22,23). The number of ether oxygens (including phenoxy) is 1. The number of aliphatic carboxylic acids is 1. The number of carboxylic acids is 1. The second-order valence-electron chi connectivity index (χ2n) is 5.80. The first-order chi connectivity index (χ1) is 12.5. The minimum Gasteiger partial charge on any atom is -0.494 e. The predicted molar refractivity (Wildman–Crippen MR) is 105 cm³/mol. The van der Waals surface area contributed by atoms with Crippen molar-refractivity contribution >= 4 is 29.3 Å². The Morgan fingerprint density at radius 3 is 2.46 bits per heavy atom. The molecule has 0 aliphatic rings. The lowest BCUT2D eigenvalue weighted by molar-refractivity contribution is -0.137. The lowest BCUT2D eigenvalue weighted by Crippen LogP contribution is -2.22. The van der Waals surface area contributed by atoms with Gasteiger partial charge in [0.25, 0.3) is 0 Å². The maximum absolute atomic E-state index is 12.3. The quantitative estimate of drug-likeness (QED) is 0.611. The molecule has 2 rings (SSSR count). The van der Waals surface area contributed by atoms with E-state index in [1.807, 2.05) is 37.3 Å². The number of carboxylic acid groups (broad SMARTS) is 1. The second kappa shape index (κ2) is 10.5. The van der Waals surface area contributed by atoms with Gasteiger partial charge in [-0.1, -0.05) is 30.3 Å². The molecule has 1 unspecified atom stereocenters. The third-order valence-corrected chi connectivity index (χ3v) is 4.85. The Bertz CT molecular complexity index is 704. The summed E-state index contributed by atoms with van der Waals surface area (Å²) < 4.78 is 5.47. The number of hydrogen-bond acceptors (Lipinski definition) is 4. The van der Waals surface area contributed by atoms with E-state index < -0.39 is 5.97 Å². The Labute approximate surface area is 157 Å². The minimum atomic E-state index is -0.828. The third kappa shape index (κ3) is 7.19. The molecule has 2 aromatic rings. The summed E-state index contributed by atoms with van der Waals surface area (Å²) in [6.45, 7) is 2.24. The van der Waals surface area contributed by atoms with E-state index in [1.165, 1.54) is 5.56 Å². The van der Waals surface area contributed by atoms with E-state index in [0.717, 1.165) is 5.75 Å². The molecule has 0 saturated carbocycles. The molecule has 0 saturated heterocycles. The number of carbonyl (C=O) groups excluding carboxylic acids is 1. The molecule has 0 radical (unpaired) electrons. The van der Waals surface area contributed by atoms with Crippen LogP contribution in [0.15, 0.2) is 54.6 Å². The highest BCUT2D eigenvalue weighted by Crippen LogP contribution is 2.20. The zero-order chi connectivity index (χ0) is 18.8. The number of nitrogens with one attached hydrogen (secondary N) is 1. The van der Waals surface area contributed by atoms with Gasteiger partial charge in [-0.2, -0.15) is 0 Å². The van der Waals surface area contributed by atoms with Gasteiger partial charge in [-0.15, -0.1) is 11.8 Å². The summed E-state index contributed by atoms with van der Waals surface area (Å²) in [4.78, 5) is 22.7. The van der Waals surface area contributed by atoms with E-state index >= 15 is 0 Å². The number of anilines is 1. The minimum absolute atomic E-state index is 0.0407. The molecule has 26 heavy (non-hydrogen) atoms. The zero-order valence-electron chi connectivity index (χ0n) is 14.7. The molecule has 0 spiro atoms. The Hall–Kier alpha value is -2.47. The van der Waals surface area contributed by atoms with E-state index in [9.17, 15) is 9.59 Å². The monoisotopic (exact) mass is 373 g/mol. The van der Waals surface area contributed by atoms with Gasteiger partial charge >= 0.3 is 5.97 Å². The Morgan fingerprint density at radius 1 is 1.12 bits per heavy atom. The van der Waals surface area contributed by atoms with Crippen molar-refractivity contribution in [2.75, 3.05) is 11.9 Å². The van der Waals surface area contributed by atoms with Crippen molar-refractivity contribution < 1.29 is 19.4 Å². The first-order valence-corrected chi connectivity index (χ1v) is 9.50. The molecule has 1 amide bonds. The van der Waals surface area contributed by atoms with Crippen molar-refractivity contribution in [3.05, 3.63) is 60.2 Å². The molecule has 0 bridgehead atoms. The van der Waals surface area contributed by atoms with Gasteiger partial charge in [-0.25, -0.2) is 0 Å². The molecule has 1 atom stereocenters. The Balaban J connectivity index is 1.74. The molecule has 5 nitrogen and oxygen atoms in total. The number of thioether (sulfide) groups is 1. The fourth-order valence-electron chi connectivity index (χ4n) is 2.16. The molecule has 0 aliphatic heterocycles. The number of amides is 1. The maximum Gasteiger partial charge on any atom is 0.303 e. The number of benzene rings is 2. The summed E-state index contributed by atoms with van der Waals surface area (Å²) in [6.07, 6.45) is 0.552. The van der Waals surface area contributed by atoms with E-state index in [0.29, 0.717) is 24.5 Å². The zero-order valence-corrected chi connectivity index (χ0v) is 15.5. The van der Waals surface area contributed by atoms with Crippen LogP contribution in [-0.4, -0.2) is 28.8 Å². The van der Waals surface area contributed by atoms with E-state index in [4.69, 9.17) is 9.84 Å². The number of hydrogen-bond donors (Lipinski definition) is 2. The third-order valence-electron chi connectivity index (χ3n) is 3.64. The summed E-state index contributed by atoms with van der Waals surface area (Å²) in [5.41, 5.74) is 1.90. The highest BCUT2D eigenvalue weighted by Gasteiger charge is 2.13. The molecule has 138 valence electrons. The van der Waals surface area contributed by atoms with Crippen LogP contribution in [0.1, 0.15) is 25.3 Å². The van der Waals surface area contributed by atoms with Gasteiger partial charge in [0.05, 0.1) is 11.9 Å². The van der Waals surface area contributed by atoms with Crippen LogP contribution in [0.2, 0.25) is 0 Å². The van der Waals surface area contributed by atoms with Gasteiger partial charge < -0.3 is 15.2 Å². The summed E-state index contributed by atoms with van der Waals surface area (Å²) in [7, 11) is 0. The number of carbonyl (C=O) groups is 2. The summed E-state index contributed by atoms with van der Waals surface area (Å²) in [5, 5.41) is 11.3. The van der Waals surface area contributed by atoms with E-state index in [2.05, 4.69) is 5.32 Å². The van der Waals surface area contributed by atoms with Crippen LogP contribution in [0.25, 0.3) is 0 Å².